The molecule has 0 saturated carbocycles. The molecule has 3 unspecified atom stereocenters. The number of allylic oxidation sites excluding steroid dienone is 5. The first kappa shape index (κ1) is 13.8. The molecule has 0 amide bonds. The van der Waals surface area contributed by atoms with Crippen molar-refractivity contribution in [3.63, 3.8) is 0 Å². The molecule has 22 heavy (non-hydrogen) atoms. The Bertz CT molecular complexity index is 626. The first-order valence-corrected chi connectivity index (χ1v) is 8.45. The van der Waals surface area contributed by atoms with E-state index in [2.05, 4.69) is 71.8 Å². The largest absolute Gasteiger partial charge is 0.347 e. The summed E-state index contributed by atoms with van der Waals surface area (Å²) in [5.74, 6) is 0. The summed E-state index contributed by atoms with van der Waals surface area (Å²) in [5, 5.41) is 3.89. The van der Waals surface area contributed by atoms with Crippen molar-refractivity contribution in [2.45, 2.75) is 50.9 Å². The standard InChI is InChI=1S/C20H24N2/c1-15-12-13-18-19(14-15)22(17-10-6-3-7-11-17)20(21-18)16-8-4-2-5-9-16/h2-6,8-10,14,18-21H,7,11-13H2,1H3. The van der Waals surface area contributed by atoms with Crippen LogP contribution in [-0.4, -0.2) is 17.0 Å². The number of hydrogen-bond acceptors (Lipinski definition) is 2. The summed E-state index contributed by atoms with van der Waals surface area (Å²) in [4.78, 5) is 2.63. The van der Waals surface area contributed by atoms with E-state index in [0.29, 0.717) is 18.2 Å². The minimum Gasteiger partial charge on any atom is -0.347 e. The Balaban J connectivity index is 1.74. The van der Waals surface area contributed by atoms with Gasteiger partial charge in [-0.3, -0.25) is 5.32 Å². The molecule has 1 N–H and O–H groups in total. The molecule has 0 bridgehead atoms. The Labute approximate surface area is 133 Å². The first-order valence-electron chi connectivity index (χ1n) is 8.45. The molecule has 3 atom stereocenters. The van der Waals surface area contributed by atoms with E-state index in [4.69, 9.17) is 0 Å². The summed E-state index contributed by atoms with van der Waals surface area (Å²) in [6, 6.07) is 12.0. The summed E-state index contributed by atoms with van der Waals surface area (Å²) < 4.78 is 0. The van der Waals surface area contributed by atoms with Crippen LogP contribution in [0.2, 0.25) is 0 Å². The van der Waals surface area contributed by atoms with Crippen LogP contribution in [0, 0.1) is 0 Å². The predicted octanol–water partition coefficient (Wildman–Crippen LogP) is 4.30. The molecule has 1 aromatic carbocycles. The molecule has 114 valence electrons. The lowest BCUT2D eigenvalue weighted by atomic mass is 9.92. The molecule has 1 aromatic rings. The maximum Gasteiger partial charge on any atom is 0.106 e. The van der Waals surface area contributed by atoms with Crippen molar-refractivity contribution in [1.82, 2.24) is 10.2 Å². The van der Waals surface area contributed by atoms with Gasteiger partial charge in [0.25, 0.3) is 0 Å². The molecule has 0 radical (unpaired) electrons. The van der Waals surface area contributed by atoms with Gasteiger partial charge in [0.05, 0.1) is 6.04 Å². The van der Waals surface area contributed by atoms with Crippen LogP contribution in [0.4, 0.5) is 0 Å². The molecule has 2 heteroatoms. The summed E-state index contributed by atoms with van der Waals surface area (Å²) in [6.07, 6.45) is 14.4. The number of benzene rings is 1. The van der Waals surface area contributed by atoms with Gasteiger partial charge < -0.3 is 4.90 Å². The van der Waals surface area contributed by atoms with E-state index in [1.807, 2.05) is 0 Å². The maximum absolute atomic E-state index is 3.89. The van der Waals surface area contributed by atoms with Crippen LogP contribution in [0.25, 0.3) is 0 Å². The monoisotopic (exact) mass is 292 g/mol. The number of rotatable bonds is 2. The van der Waals surface area contributed by atoms with Crippen molar-refractivity contribution in [2.75, 3.05) is 0 Å². The van der Waals surface area contributed by atoms with Crippen LogP contribution >= 0.6 is 0 Å². The highest BCUT2D eigenvalue weighted by Gasteiger charge is 2.42. The van der Waals surface area contributed by atoms with Gasteiger partial charge in [0.1, 0.15) is 6.17 Å². The molecular formula is C20H24N2. The summed E-state index contributed by atoms with van der Waals surface area (Å²) in [5.41, 5.74) is 4.38. The topological polar surface area (TPSA) is 15.3 Å². The molecule has 4 rings (SSSR count). The molecule has 2 aliphatic carbocycles. The van der Waals surface area contributed by atoms with Gasteiger partial charge in [-0.2, -0.15) is 0 Å². The minimum atomic E-state index is 0.302. The summed E-state index contributed by atoms with van der Waals surface area (Å²) >= 11 is 0. The Morgan fingerprint density at radius 3 is 2.77 bits per heavy atom. The van der Waals surface area contributed by atoms with Gasteiger partial charge in [-0.05, 0) is 44.2 Å². The third-order valence-corrected chi connectivity index (χ3v) is 5.13. The predicted molar refractivity (Wildman–Crippen MR) is 91.2 cm³/mol. The van der Waals surface area contributed by atoms with Gasteiger partial charge in [0.2, 0.25) is 0 Å². The zero-order valence-corrected chi connectivity index (χ0v) is 13.2. The molecular weight excluding hydrogens is 268 g/mol. The number of nitrogens with one attached hydrogen (secondary N) is 1. The lowest BCUT2D eigenvalue weighted by Gasteiger charge is -2.35. The summed E-state index contributed by atoms with van der Waals surface area (Å²) in [6.45, 7) is 2.28. The molecule has 1 heterocycles. The molecule has 2 nitrogen and oxygen atoms in total. The molecule has 0 spiro atoms. The number of nitrogens with zero attached hydrogens (tertiary/aromatic N) is 1. The van der Waals surface area contributed by atoms with Crippen LogP contribution in [0.1, 0.15) is 44.3 Å². The fourth-order valence-electron chi connectivity index (χ4n) is 4.01. The number of hydrogen-bond donors (Lipinski definition) is 1. The Morgan fingerprint density at radius 1 is 1.14 bits per heavy atom. The second kappa shape index (κ2) is 5.77. The van der Waals surface area contributed by atoms with Crippen molar-refractivity contribution < 1.29 is 0 Å². The smallest absolute Gasteiger partial charge is 0.106 e. The van der Waals surface area contributed by atoms with Gasteiger partial charge in [-0.15, -0.1) is 0 Å². The van der Waals surface area contributed by atoms with Crippen molar-refractivity contribution in [1.29, 1.82) is 0 Å². The second-order valence-corrected chi connectivity index (χ2v) is 6.66. The second-order valence-electron chi connectivity index (χ2n) is 6.66. The van der Waals surface area contributed by atoms with E-state index >= 15 is 0 Å². The highest BCUT2D eigenvalue weighted by atomic mass is 15.4. The highest BCUT2D eigenvalue weighted by Crippen LogP contribution is 2.39. The Kier molecular flexibility index (Phi) is 3.63. The molecule has 3 aliphatic rings. The average molecular weight is 292 g/mol. The van der Waals surface area contributed by atoms with Crippen molar-refractivity contribution in [2.24, 2.45) is 0 Å². The van der Waals surface area contributed by atoms with Gasteiger partial charge in [-0.1, -0.05) is 54.1 Å². The van der Waals surface area contributed by atoms with Gasteiger partial charge >= 0.3 is 0 Å². The van der Waals surface area contributed by atoms with Crippen LogP contribution in [0.15, 0.2) is 65.9 Å². The van der Waals surface area contributed by atoms with Crippen LogP contribution < -0.4 is 5.32 Å². The average Bonchev–Trinajstić information content (AvgIpc) is 2.95. The SMILES string of the molecule is CC1=CC2C(CC1)NC(c1ccccc1)N2C1=CC=CCC1. The van der Waals surface area contributed by atoms with E-state index in [1.165, 1.54) is 29.7 Å². The van der Waals surface area contributed by atoms with Gasteiger partial charge in [0.15, 0.2) is 0 Å². The quantitative estimate of drug-likeness (QED) is 0.818. The molecule has 1 saturated heterocycles. The zero-order chi connectivity index (χ0) is 14.9. The van der Waals surface area contributed by atoms with Crippen molar-refractivity contribution in [3.8, 4) is 0 Å². The maximum atomic E-state index is 3.89. The first-order chi connectivity index (χ1) is 10.8. The summed E-state index contributed by atoms with van der Waals surface area (Å²) in [7, 11) is 0. The minimum absolute atomic E-state index is 0.302. The fourth-order valence-corrected chi connectivity index (χ4v) is 4.01. The zero-order valence-electron chi connectivity index (χ0n) is 13.2. The van der Waals surface area contributed by atoms with Crippen molar-refractivity contribution in [3.05, 3.63) is 71.5 Å². The normalized spacial score (nSPS) is 30.8. The van der Waals surface area contributed by atoms with E-state index in [9.17, 15) is 0 Å². The molecule has 0 aromatic heterocycles. The van der Waals surface area contributed by atoms with Crippen molar-refractivity contribution >= 4 is 0 Å². The van der Waals surface area contributed by atoms with Gasteiger partial charge in [-0.25, -0.2) is 0 Å². The van der Waals surface area contributed by atoms with Crippen LogP contribution in [-0.2, 0) is 0 Å². The van der Waals surface area contributed by atoms with Crippen LogP contribution in [0.3, 0.4) is 0 Å². The van der Waals surface area contributed by atoms with Gasteiger partial charge in [0, 0.05) is 11.7 Å². The Morgan fingerprint density at radius 2 is 2.00 bits per heavy atom. The molecule has 1 aliphatic heterocycles. The van der Waals surface area contributed by atoms with E-state index < -0.39 is 0 Å². The number of fused-ring (bicyclic) bond motifs is 1. The van der Waals surface area contributed by atoms with E-state index in [1.54, 1.807) is 0 Å². The molecule has 1 fully saturated rings. The van der Waals surface area contributed by atoms with E-state index in [-0.39, 0.29) is 0 Å². The third kappa shape index (κ3) is 2.42. The third-order valence-electron chi connectivity index (χ3n) is 5.13. The van der Waals surface area contributed by atoms with Crippen LogP contribution in [0.5, 0.6) is 0 Å². The Hall–Kier alpha value is -1.80. The fraction of sp³-hybridized carbons (Fsp3) is 0.400. The highest BCUT2D eigenvalue weighted by molar-refractivity contribution is 5.30. The van der Waals surface area contributed by atoms with E-state index in [0.717, 1.165) is 12.8 Å². The lowest BCUT2D eigenvalue weighted by Crippen LogP contribution is -2.36. The lowest BCUT2D eigenvalue weighted by molar-refractivity contribution is 0.259.